The molecular formula is C17H25ClIN3O. The van der Waals surface area contributed by atoms with Gasteiger partial charge in [0.2, 0.25) is 0 Å². The summed E-state index contributed by atoms with van der Waals surface area (Å²) in [6, 6.07) is 8.25. The Morgan fingerprint density at radius 1 is 1.17 bits per heavy atom. The van der Waals surface area contributed by atoms with E-state index < -0.39 is 0 Å². The molecule has 1 aliphatic carbocycles. The number of morpholine rings is 1. The van der Waals surface area contributed by atoms with Gasteiger partial charge in [0.05, 0.1) is 19.8 Å². The molecule has 1 aromatic rings. The number of nitrogens with two attached hydrogens (primary N) is 1. The molecule has 3 rings (SSSR count). The van der Waals surface area contributed by atoms with Crippen molar-refractivity contribution in [3.63, 3.8) is 0 Å². The minimum absolute atomic E-state index is 0. The van der Waals surface area contributed by atoms with Crippen LogP contribution in [0.15, 0.2) is 29.3 Å². The largest absolute Gasteiger partial charge is 0.378 e. The Hall–Kier alpha value is -0.530. The topological polar surface area (TPSA) is 50.8 Å². The Bertz CT molecular complexity index is 523. The van der Waals surface area contributed by atoms with Crippen molar-refractivity contribution < 1.29 is 4.74 Å². The maximum absolute atomic E-state index is 6.19. The van der Waals surface area contributed by atoms with Crippen LogP contribution in [0.25, 0.3) is 0 Å². The van der Waals surface area contributed by atoms with Gasteiger partial charge in [-0.15, -0.1) is 24.0 Å². The second-order valence-electron chi connectivity index (χ2n) is 6.27. The minimum Gasteiger partial charge on any atom is -0.378 e. The highest BCUT2D eigenvalue weighted by Gasteiger charge is 2.35. The minimum atomic E-state index is 0. The van der Waals surface area contributed by atoms with E-state index in [9.17, 15) is 0 Å². The van der Waals surface area contributed by atoms with E-state index in [1.807, 2.05) is 12.1 Å². The predicted molar refractivity (Wildman–Crippen MR) is 106 cm³/mol. The molecule has 4 nitrogen and oxygen atoms in total. The fraction of sp³-hybridized carbons (Fsp3) is 0.588. The molecule has 0 amide bonds. The number of hydrogen-bond acceptors (Lipinski definition) is 2. The van der Waals surface area contributed by atoms with Gasteiger partial charge in [0.15, 0.2) is 5.96 Å². The summed E-state index contributed by atoms with van der Waals surface area (Å²) >= 11 is 6.03. The number of rotatable bonds is 3. The molecule has 2 fully saturated rings. The molecule has 0 bridgehead atoms. The first-order chi connectivity index (χ1) is 10.7. The van der Waals surface area contributed by atoms with E-state index in [4.69, 9.17) is 27.1 Å². The standard InChI is InChI=1S/C17H24ClN3O.HI/c18-15-5-3-14(4-6-15)17(7-1-2-8-17)13-20-16(19)21-9-11-22-12-10-21;/h3-6H,1-2,7-13H2,(H2,19,20);1H. The summed E-state index contributed by atoms with van der Waals surface area (Å²) in [6.07, 6.45) is 4.87. The zero-order valence-corrected chi connectivity index (χ0v) is 16.4. The molecule has 6 heteroatoms. The quantitative estimate of drug-likeness (QED) is 0.437. The van der Waals surface area contributed by atoms with E-state index in [1.54, 1.807) is 0 Å². The Morgan fingerprint density at radius 2 is 1.78 bits per heavy atom. The summed E-state index contributed by atoms with van der Waals surface area (Å²) < 4.78 is 5.36. The van der Waals surface area contributed by atoms with Gasteiger partial charge in [0.25, 0.3) is 0 Å². The van der Waals surface area contributed by atoms with Crippen LogP contribution in [-0.4, -0.2) is 43.7 Å². The number of halogens is 2. The maximum Gasteiger partial charge on any atom is 0.191 e. The van der Waals surface area contributed by atoms with E-state index in [-0.39, 0.29) is 29.4 Å². The van der Waals surface area contributed by atoms with Crippen molar-refractivity contribution in [1.29, 1.82) is 0 Å². The fourth-order valence-corrected chi connectivity index (χ4v) is 3.64. The summed E-state index contributed by atoms with van der Waals surface area (Å²) in [4.78, 5) is 6.85. The van der Waals surface area contributed by atoms with Crippen molar-refractivity contribution in [2.24, 2.45) is 10.7 Å². The smallest absolute Gasteiger partial charge is 0.191 e. The highest BCUT2D eigenvalue weighted by Crippen LogP contribution is 2.41. The lowest BCUT2D eigenvalue weighted by Gasteiger charge is -2.31. The second-order valence-corrected chi connectivity index (χ2v) is 6.70. The number of nitrogens with zero attached hydrogens (tertiary/aromatic N) is 2. The Balaban J connectivity index is 0.00000192. The SMILES string of the molecule is I.NC(=NCC1(c2ccc(Cl)cc2)CCCC1)N1CCOCC1. The van der Waals surface area contributed by atoms with Gasteiger partial charge in [-0.25, -0.2) is 0 Å². The number of hydrogen-bond donors (Lipinski definition) is 1. The normalized spacial score (nSPS) is 21.1. The van der Waals surface area contributed by atoms with E-state index in [1.165, 1.54) is 31.2 Å². The number of benzene rings is 1. The molecule has 1 saturated heterocycles. The average Bonchev–Trinajstić information content (AvgIpc) is 3.04. The molecule has 0 atom stereocenters. The van der Waals surface area contributed by atoms with Gasteiger partial charge in [-0.05, 0) is 30.5 Å². The first kappa shape index (κ1) is 18.8. The molecule has 1 saturated carbocycles. The maximum atomic E-state index is 6.19. The summed E-state index contributed by atoms with van der Waals surface area (Å²) in [7, 11) is 0. The van der Waals surface area contributed by atoms with Crippen LogP contribution < -0.4 is 5.73 Å². The van der Waals surface area contributed by atoms with Gasteiger partial charge in [-0.2, -0.15) is 0 Å². The monoisotopic (exact) mass is 449 g/mol. The zero-order chi connectivity index (χ0) is 15.4. The highest BCUT2D eigenvalue weighted by molar-refractivity contribution is 14.0. The van der Waals surface area contributed by atoms with E-state index >= 15 is 0 Å². The van der Waals surface area contributed by atoms with Gasteiger partial charge in [0, 0.05) is 23.5 Å². The molecular weight excluding hydrogens is 425 g/mol. The van der Waals surface area contributed by atoms with Crippen molar-refractivity contribution in [2.75, 3.05) is 32.8 Å². The van der Waals surface area contributed by atoms with Gasteiger partial charge in [-0.3, -0.25) is 4.99 Å². The van der Waals surface area contributed by atoms with Gasteiger partial charge in [0.1, 0.15) is 0 Å². The summed E-state index contributed by atoms with van der Waals surface area (Å²) in [5, 5.41) is 0.785. The van der Waals surface area contributed by atoms with Crippen LogP contribution >= 0.6 is 35.6 Å². The third-order valence-corrected chi connectivity index (χ3v) is 5.15. The molecule has 23 heavy (non-hydrogen) atoms. The van der Waals surface area contributed by atoms with Crippen molar-refractivity contribution >= 4 is 41.5 Å². The summed E-state index contributed by atoms with van der Waals surface area (Å²) in [5.74, 6) is 0.656. The Kier molecular flexibility index (Phi) is 6.98. The average molecular weight is 450 g/mol. The summed E-state index contributed by atoms with van der Waals surface area (Å²) in [5.41, 5.74) is 7.65. The fourth-order valence-electron chi connectivity index (χ4n) is 3.52. The lowest BCUT2D eigenvalue weighted by Crippen LogP contribution is -2.45. The third-order valence-electron chi connectivity index (χ3n) is 4.90. The third kappa shape index (κ3) is 4.51. The van der Waals surface area contributed by atoms with E-state index in [0.29, 0.717) is 5.96 Å². The van der Waals surface area contributed by atoms with Crippen LogP contribution in [0.3, 0.4) is 0 Å². The molecule has 2 aliphatic rings. The van der Waals surface area contributed by atoms with Gasteiger partial charge >= 0.3 is 0 Å². The molecule has 0 radical (unpaired) electrons. The van der Waals surface area contributed by atoms with Crippen LogP contribution in [0.1, 0.15) is 31.2 Å². The molecule has 128 valence electrons. The van der Waals surface area contributed by atoms with Crippen LogP contribution in [0.2, 0.25) is 5.02 Å². The van der Waals surface area contributed by atoms with E-state index in [2.05, 4.69) is 17.0 Å². The highest BCUT2D eigenvalue weighted by atomic mass is 127. The van der Waals surface area contributed by atoms with E-state index in [0.717, 1.165) is 37.9 Å². The lowest BCUT2D eigenvalue weighted by molar-refractivity contribution is 0.0673. The van der Waals surface area contributed by atoms with Gasteiger partial charge < -0.3 is 15.4 Å². The van der Waals surface area contributed by atoms with Crippen LogP contribution in [0, 0.1) is 0 Å². The molecule has 0 aromatic heterocycles. The van der Waals surface area contributed by atoms with Crippen molar-refractivity contribution in [3.8, 4) is 0 Å². The zero-order valence-electron chi connectivity index (χ0n) is 13.3. The first-order valence-corrected chi connectivity index (χ1v) is 8.46. The van der Waals surface area contributed by atoms with Crippen molar-refractivity contribution in [3.05, 3.63) is 34.9 Å². The molecule has 0 unspecified atom stereocenters. The number of aliphatic imine (C=N–C) groups is 1. The molecule has 2 N–H and O–H groups in total. The van der Waals surface area contributed by atoms with Crippen LogP contribution in [0.5, 0.6) is 0 Å². The Labute approximate surface area is 160 Å². The number of guanidine groups is 1. The Morgan fingerprint density at radius 3 is 2.39 bits per heavy atom. The predicted octanol–water partition coefficient (Wildman–Crippen LogP) is 3.42. The van der Waals surface area contributed by atoms with Crippen LogP contribution in [0.4, 0.5) is 0 Å². The lowest BCUT2D eigenvalue weighted by atomic mass is 9.79. The molecule has 0 spiro atoms. The van der Waals surface area contributed by atoms with Gasteiger partial charge in [-0.1, -0.05) is 36.6 Å². The first-order valence-electron chi connectivity index (χ1n) is 8.08. The van der Waals surface area contributed by atoms with Crippen LogP contribution in [-0.2, 0) is 10.2 Å². The number of ether oxygens (including phenoxy) is 1. The molecule has 1 aliphatic heterocycles. The van der Waals surface area contributed by atoms with Crippen molar-refractivity contribution in [2.45, 2.75) is 31.1 Å². The molecule has 1 heterocycles. The summed E-state index contributed by atoms with van der Waals surface area (Å²) in [6.45, 7) is 3.90. The second kappa shape index (κ2) is 8.53. The van der Waals surface area contributed by atoms with Crippen molar-refractivity contribution in [1.82, 2.24) is 4.90 Å². The molecule has 1 aromatic carbocycles.